The number of amides is 1. The Morgan fingerprint density at radius 2 is 1.90 bits per heavy atom. The molecule has 0 aliphatic heterocycles. The van der Waals surface area contributed by atoms with Gasteiger partial charge in [-0.1, -0.05) is 12.8 Å². The van der Waals surface area contributed by atoms with Gasteiger partial charge in [-0.3, -0.25) is 4.79 Å². The molecule has 0 saturated heterocycles. The van der Waals surface area contributed by atoms with Gasteiger partial charge in [-0.15, -0.1) is 0 Å². The lowest BCUT2D eigenvalue weighted by Crippen LogP contribution is -2.42. The molecular formula is C15H16F2N2O2. The molecule has 0 spiro atoms. The van der Waals surface area contributed by atoms with E-state index in [4.69, 9.17) is 5.26 Å². The Morgan fingerprint density at radius 3 is 2.38 bits per heavy atom. The smallest absolute Gasteiger partial charge is 0.259 e. The normalized spacial score (nSPS) is 16.5. The number of halogens is 2. The van der Waals surface area contributed by atoms with Crippen LogP contribution in [0.2, 0.25) is 0 Å². The highest BCUT2D eigenvalue weighted by molar-refractivity contribution is 5.94. The van der Waals surface area contributed by atoms with Crippen LogP contribution in [0.25, 0.3) is 0 Å². The lowest BCUT2D eigenvalue weighted by atomic mass is 10.0. The van der Waals surface area contributed by atoms with Crippen LogP contribution in [-0.2, 0) is 0 Å². The van der Waals surface area contributed by atoms with Crippen molar-refractivity contribution in [3.63, 3.8) is 0 Å². The van der Waals surface area contributed by atoms with Crippen LogP contribution in [0.15, 0.2) is 12.1 Å². The minimum Gasteiger partial charge on any atom is -0.388 e. The number of hydrogen-bond donors (Lipinski definition) is 1. The topological polar surface area (TPSA) is 64.3 Å². The summed E-state index contributed by atoms with van der Waals surface area (Å²) in [4.78, 5) is 13.3. The second-order valence-electron chi connectivity index (χ2n) is 5.52. The van der Waals surface area contributed by atoms with Crippen LogP contribution in [0.5, 0.6) is 0 Å². The molecule has 1 aromatic rings. The molecular weight excluding hydrogens is 278 g/mol. The molecule has 0 unspecified atom stereocenters. The first-order valence-electron chi connectivity index (χ1n) is 6.73. The minimum atomic E-state index is -1.07. The fourth-order valence-corrected chi connectivity index (χ4v) is 2.74. The van der Waals surface area contributed by atoms with Gasteiger partial charge in [-0.2, -0.15) is 5.26 Å². The molecule has 21 heavy (non-hydrogen) atoms. The van der Waals surface area contributed by atoms with Gasteiger partial charge in [0.25, 0.3) is 5.91 Å². The van der Waals surface area contributed by atoms with Crippen LogP contribution in [0.3, 0.4) is 0 Å². The van der Waals surface area contributed by atoms with Gasteiger partial charge in [0.05, 0.1) is 17.2 Å². The largest absolute Gasteiger partial charge is 0.388 e. The Hall–Kier alpha value is -2.00. The zero-order chi connectivity index (χ0) is 15.6. The third-order valence-electron chi connectivity index (χ3n) is 3.80. The number of rotatable bonds is 3. The molecule has 0 atom stereocenters. The summed E-state index contributed by atoms with van der Waals surface area (Å²) in [6, 6.07) is 3.28. The summed E-state index contributed by atoms with van der Waals surface area (Å²) in [6.45, 7) is 0.0325. The average molecular weight is 294 g/mol. The summed E-state index contributed by atoms with van der Waals surface area (Å²) in [5, 5.41) is 18.9. The van der Waals surface area contributed by atoms with Crippen LogP contribution >= 0.6 is 0 Å². The van der Waals surface area contributed by atoms with E-state index in [0.717, 1.165) is 29.9 Å². The molecule has 0 radical (unpaired) electrons. The van der Waals surface area contributed by atoms with Crippen molar-refractivity contribution in [2.24, 2.45) is 0 Å². The average Bonchev–Trinajstić information content (AvgIpc) is 2.83. The van der Waals surface area contributed by atoms with Crippen molar-refractivity contribution >= 4 is 5.91 Å². The molecule has 6 heteroatoms. The van der Waals surface area contributed by atoms with E-state index in [0.29, 0.717) is 12.8 Å². The number of hydrogen-bond acceptors (Lipinski definition) is 3. The van der Waals surface area contributed by atoms with Gasteiger partial charge in [0.2, 0.25) is 0 Å². The minimum absolute atomic E-state index is 0.0325. The van der Waals surface area contributed by atoms with Gasteiger partial charge >= 0.3 is 0 Å². The van der Waals surface area contributed by atoms with E-state index in [9.17, 15) is 18.7 Å². The Balaban J connectivity index is 2.22. The zero-order valence-electron chi connectivity index (χ0n) is 11.7. The number of carbonyl (C=O) groups is 1. The zero-order valence-corrected chi connectivity index (χ0v) is 11.7. The molecule has 1 amide bonds. The van der Waals surface area contributed by atoms with E-state index in [1.54, 1.807) is 6.07 Å². The monoisotopic (exact) mass is 294 g/mol. The van der Waals surface area contributed by atoms with Gasteiger partial charge in [0, 0.05) is 13.6 Å². The highest BCUT2D eigenvalue weighted by Crippen LogP contribution is 2.30. The third kappa shape index (κ3) is 3.19. The molecule has 0 bridgehead atoms. The van der Waals surface area contributed by atoms with Crippen LogP contribution in [-0.4, -0.2) is 35.1 Å². The van der Waals surface area contributed by atoms with Gasteiger partial charge in [0.1, 0.15) is 17.2 Å². The van der Waals surface area contributed by atoms with Crippen molar-refractivity contribution in [1.29, 1.82) is 5.26 Å². The van der Waals surface area contributed by atoms with Crippen LogP contribution < -0.4 is 0 Å². The quantitative estimate of drug-likeness (QED) is 0.929. The van der Waals surface area contributed by atoms with Crippen molar-refractivity contribution in [2.45, 2.75) is 31.3 Å². The van der Waals surface area contributed by atoms with Crippen molar-refractivity contribution in [3.05, 3.63) is 34.9 Å². The molecule has 112 valence electrons. The maximum atomic E-state index is 13.8. The highest BCUT2D eigenvalue weighted by Gasteiger charge is 2.34. The third-order valence-corrected chi connectivity index (χ3v) is 3.80. The first kappa shape index (κ1) is 15.4. The van der Waals surface area contributed by atoms with Gasteiger partial charge in [0.15, 0.2) is 0 Å². The van der Waals surface area contributed by atoms with Gasteiger partial charge in [-0.25, -0.2) is 8.78 Å². The summed E-state index contributed by atoms with van der Waals surface area (Å²) in [5.41, 5.74) is -1.86. The second kappa shape index (κ2) is 5.78. The van der Waals surface area contributed by atoms with E-state index in [2.05, 4.69) is 0 Å². The van der Waals surface area contributed by atoms with Gasteiger partial charge in [-0.05, 0) is 25.0 Å². The maximum Gasteiger partial charge on any atom is 0.259 e. The number of benzene rings is 1. The molecule has 1 aliphatic carbocycles. The van der Waals surface area contributed by atoms with E-state index >= 15 is 0 Å². The summed E-state index contributed by atoms with van der Waals surface area (Å²) in [6.07, 6.45) is 2.89. The first-order chi connectivity index (χ1) is 9.86. The molecule has 1 fully saturated rings. The Labute approximate surface area is 121 Å². The van der Waals surface area contributed by atoms with Gasteiger partial charge < -0.3 is 10.0 Å². The van der Waals surface area contributed by atoms with Crippen molar-refractivity contribution in [2.75, 3.05) is 13.6 Å². The molecule has 2 rings (SSSR count). The summed E-state index contributed by atoms with van der Waals surface area (Å²) >= 11 is 0. The standard InChI is InChI=1S/C15H16F2N2O2/c1-19(9-15(21)4-2-3-5-15)14(20)13-11(16)6-10(8-18)7-12(13)17/h6-7,21H,2-5,9H2,1H3. The number of nitriles is 1. The second-order valence-corrected chi connectivity index (χ2v) is 5.52. The predicted molar refractivity (Wildman–Crippen MR) is 71.5 cm³/mol. The summed E-state index contributed by atoms with van der Waals surface area (Å²) < 4.78 is 27.6. The van der Waals surface area contributed by atoms with Crippen LogP contribution in [0, 0.1) is 23.0 Å². The first-order valence-corrected chi connectivity index (χ1v) is 6.73. The van der Waals surface area contributed by atoms with E-state index < -0.39 is 28.7 Å². The predicted octanol–water partition coefficient (Wildman–Crippen LogP) is 2.21. The fraction of sp³-hybridized carbons (Fsp3) is 0.467. The lowest BCUT2D eigenvalue weighted by Gasteiger charge is -2.28. The van der Waals surface area contributed by atoms with Crippen molar-refractivity contribution in [3.8, 4) is 6.07 Å². The molecule has 0 heterocycles. The van der Waals surface area contributed by atoms with Crippen molar-refractivity contribution < 1.29 is 18.7 Å². The number of aliphatic hydroxyl groups is 1. The molecule has 1 saturated carbocycles. The number of nitrogens with zero attached hydrogens (tertiary/aromatic N) is 2. The molecule has 1 N–H and O–H groups in total. The number of likely N-dealkylation sites (N-methyl/N-ethyl adjacent to an activating group) is 1. The summed E-state index contributed by atoms with van der Waals surface area (Å²) in [7, 11) is 1.40. The SMILES string of the molecule is CN(CC1(O)CCCC1)C(=O)c1c(F)cc(C#N)cc1F. The summed E-state index contributed by atoms with van der Waals surface area (Å²) in [5.74, 6) is -2.97. The van der Waals surface area contributed by atoms with E-state index in [1.165, 1.54) is 7.05 Å². The lowest BCUT2D eigenvalue weighted by molar-refractivity contribution is 0.0153. The molecule has 1 aromatic carbocycles. The fourth-order valence-electron chi connectivity index (χ4n) is 2.74. The van der Waals surface area contributed by atoms with Crippen LogP contribution in [0.4, 0.5) is 8.78 Å². The Morgan fingerprint density at radius 1 is 1.38 bits per heavy atom. The van der Waals surface area contributed by atoms with E-state index in [1.807, 2.05) is 0 Å². The Bertz CT molecular complexity index is 581. The maximum absolute atomic E-state index is 13.8. The highest BCUT2D eigenvalue weighted by atomic mass is 19.1. The molecule has 0 aromatic heterocycles. The molecule has 1 aliphatic rings. The number of carbonyl (C=O) groups excluding carboxylic acids is 1. The van der Waals surface area contributed by atoms with E-state index in [-0.39, 0.29) is 12.1 Å². The van der Waals surface area contributed by atoms with Crippen molar-refractivity contribution in [1.82, 2.24) is 4.90 Å². The van der Waals surface area contributed by atoms with Crippen LogP contribution in [0.1, 0.15) is 41.6 Å². The molecule has 4 nitrogen and oxygen atoms in total. The Kier molecular flexibility index (Phi) is 4.24.